The van der Waals surface area contributed by atoms with Gasteiger partial charge >= 0.3 is 6.18 Å². The van der Waals surface area contributed by atoms with Gasteiger partial charge in [-0.1, -0.05) is 0 Å². The zero-order chi connectivity index (χ0) is 22.9. The molecule has 12 heteroatoms. The predicted octanol–water partition coefficient (Wildman–Crippen LogP) is 2.78. The van der Waals surface area contributed by atoms with E-state index in [1.807, 2.05) is 4.90 Å². The van der Waals surface area contributed by atoms with Crippen LogP contribution in [-0.2, 0) is 0 Å². The molecule has 0 radical (unpaired) electrons. The molecule has 4 heterocycles. The number of amides is 1. The molecule has 0 saturated carbocycles. The van der Waals surface area contributed by atoms with E-state index in [-0.39, 0.29) is 16.9 Å². The molecule has 1 saturated heterocycles. The summed E-state index contributed by atoms with van der Waals surface area (Å²) >= 11 is 0. The van der Waals surface area contributed by atoms with Crippen LogP contribution in [0.2, 0.25) is 0 Å². The van der Waals surface area contributed by atoms with Crippen LogP contribution in [-0.4, -0.2) is 59.2 Å². The standard InChI is InChI=1S/C20H20F4N6O2/c1-12-9-30-10-13(8-15(21)17(30)26-12)27-18(31)14-2-3-16(29-6-4-25-5-7-29)28-19(14)32-11-20(22,23)24/h2-3,8-10,25H,4-7,11H2,1H3,(H,27,31). The third-order valence-corrected chi connectivity index (χ3v) is 4.79. The van der Waals surface area contributed by atoms with E-state index >= 15 is 0 Å². The second kappa shape index (κ2) is 8.61. The minimum absolute atomic E-state index is 0.0942. The molecule has 0 unspecified atom stereocenters. The first-order chi connectivity index (χ1) is 15.2. The van der Waals surface area contributed by atoms with Crippen LogP contribution < -0.4 is 20.3 Å². The molecule has 1 aliphatic heterocycles. The summed E-state index contributed by atoms with van der Waals surface area (Å²) in [7, 11) is 0. The maximum absolute atomic E-state index is 14.3. The molecular formula is C20H20F4N6O2. The Morgan fingerprint density at radius 1 is 1.22 bits per heavy atom. The Hall–Kier alpha value is -3.41. The molecular weight excluding hydrogens is 432 g/mol. The fourth-order valence-electron chi connectivity index (χ4n) is 3.38. The summed E-state index contributed by atoms with van der Waals surface area (Å²) in [5.41, 5.74) is 0.584. The number of nitrogens with one attached hydrogen (secondary N) is 2. The predicted molar refractivity (Wildman–Crippen MR) is 109 cm³/mol. The summed E-state index contributed by atoms with van der Waals surface area (Å²) in [6.45, 7) is 2.72. The number of pyridine rings is 2. The van der Waals surface area contributed by atoms with Gasteiger partial charge in [-0.15, -0.1) is 0 Å². The molecule has 1 fully saturated rings. The van der Waals surface area contributed by atoms with Gasteiger partial charge in [0.05, 0.1) is 11.4 Å². The molecule has 0 aliphatic carbocycles. The van der Waals surface area contributed by atoms with Gasteiger partial charge in [-0.2, -0.15) is 18.2 Å². The van der Waals surface area contributed by atoms with Crippen LogP contribution in [0.4, 0.5) is 29.1 Å². The SMILES string of the molecule is Cc1cn2cc(NC(=O)c3ccc(N4CCNCC4)nc3OCC(F)(F)F)cc(F)c2n1. The van der Waals surface area contributed by atoms with Crippen LogP contribution >= 0.6 is 0 Å². The Morgan fingerprint density at radius 3 is 2.69 bits per heavy atom. The summed E-state index contributed by atoms with van der Waals surface area (Å²) < 4.78 is 58.8. The molecule has 1 aliphatic rings. The molecule has 0 aromatic carbocycles. The minimum Gasteiger partial charge on any atom is -0.467 e. The molecule has 8 nitrogen and oxygen atoms in total. The van der Waals surface area contributed by atoms with Gasteiger partial charge in [0.1, 0.15) is 11.4 Å². The second-order valence-electron chi connectivity index (χ2n) is 7.31. The molecule has 1 amide bonds. The Morgan fingerprint density at radius 2 is 1.97 bits per heavy atom. The number of carbonyl (C=O) groups excluding carboxylic acids is 1. The van der Waals surface area contributed by atoms with Gasteiger partial charge in [0.25, 0.3) is 5.91 Å². The van der Waals surface area contributed by atoms with E-state index in [0.29, 0.717) is 37.7 Å². The summed E-state index contributed by atoms with van der Waals surface area (Å²) in [5, 5.41) is 5.65. The first kappa shape index (κ1) is 21.8. The lowest BCUT2D eigenvalue weighted by molar-refractivity contribution is -0.154. The van der Waals surface area contributed by atoms with Gasteiger partial charge in [-0.05, 0) is 19.1 Å². The Kier molecular flexibility index (Phi) is 5.87. The third kappa shape index (κ3) is 4.90. The molecule has 4 rings (SSSR count). The van der Waals surface area contributed by atoms with E-state index in [2.05, 4.69) is 20.6 Å². The van der Waals surface area contributed by atoms with Gasteiger partial charge in [0.15, 0.2) is 18.1 Å². The van der Waals surface area contributed by atoms with Crippen molar-refractivity contribution in [2.75, 3.05) is 43.0 Å². The van der Waals surface area contributed by atoms with Gasteiger partial charge in [-0.3, -0.25) is 4.79 Å². The summed E-state index contributed by atoms with van der Waals surface area (Å²) in [5.74, 6) is -1.48. The molecule has 170 valence electrons. The van der Waals surface area contributed by atoms with Gasteiger partial charge in [0.2, 0.25) is 5.88 Å². The zero-order valence-corrected chi connectivity index (χ0v) is 17.0. The lowest BCUT2D eigenvalue weighted by atomic mass is 10.2. The number of aryl methyl sites for hydroxylation is 1. The third-order valence-electron chi connectivity index (χ3n) is 4.79. The van der Waals surface area contributed by atoms with Crippen molar-refractivity contribution in [1.82, 2.24) is 19.7 Å². The summed E-state index contributed by atoms with van der Waals surface area (Å²) in [6, 6.07) is 3.98. The van der Waals surface area contributed by atoms with E-state index in [4.69, 9.17) is 4.74 Å². The monoisotopic (exact) mass is 452 g/mol. The number of ether oxygens (including phenoxy) is 1. The number of piperazine rings is 1. The Bertz CT molecular complexity index is 1140. The number of carbonyl (C=O) groups is 1. The van der Waals surface area contributed by atoms with Crippen LogP contribution in [0.15, 0.2) is 30.6 Å². The molecule has 2 N–H and O–H groups in total. The van der Waals surface area contributed by atoms with Crippen LogP contribution in [0, 0.1) is 12.7 Å². The number of fused-ring (bicyclic) bond motifs is 1. The highest BCUT2D eigenvalue weighted by Crippen LogP contribution is 2.26. The smallest absolute Gasteiger partial charge is 0.422 e. The first-order valence-corrected chi connectivity index (χ1v) is 9.82. The molecule has 32 heavy (non-hydrogen) atoms. The maximum atomic E-state index is 14.3. The van der Waals surface area contributed by atoms with Crippen molar-refractivity contribution in [3.05, 3.63) is 47.7 Å². The van der Waals surface area contributed by atoms with Crippen molar-refractivity contribution in [3.8, 4) is 5.88 Å². The van der Waals surface area contributed by atoms with Gasteiger partial charge < -0.3 is 24.7 Å². The maximum Gasteiger partial charge on any atom is 0.422 e. The van der Waals surface area contributed by atoms with E-state index in [9.17, 15) is 22.4 Å². The fourth-order valence-corrected chi connectivity index (χ4v) is 3.38. The van der Waals surface area contributed by atoms with Crippen molar-refractivity contribution >= 4 is 23.1 Å². The molecule has 0 spiro atoms. The highest BCUT2D eigenvalue weighted by molar-refractivity contribution is 6.06. The topological polar surface area (TPSA) is 83.8 Å². The van der Waals surface area contributed by atoms with Crippen molar-refractivity contribution < 1.29 is 27.1 Å². The van der Waals surface area contributed by atoms with Gasteiger partial charge in [0, 0.05) is 44.6 Å². The van der Waals surface area contributed by atoms with Crippen LogP contribution in [0.1, 0.15) is 16.1 Å². The van der Waals surface area contributed by atoms with E-state index in [1.165, 1.54) is 16.7 Å². The highest BCUT2D eigenvalue weighted by atomic mass is 19.4. The summed E-state index contributed by atoms with van der Waals surface area (Å²) in [6.07, 6.45) is -1.57. The number of hydrogen-bond acceptors (Lipinski definition) is 6. The Balaban J connectivity index is 1.62. The van der Waals surface area contributed by atoms with Crippen molar-refractivity contribution in [3.63, 3.8) is 0 Å². The van der Waals surface area contributed by atoms with Crippen LogP contribution in [0.25, 0.3) is 5.65 Å². The quantitative estimate of drug-likeness (QED) is 0.580. The molecule has 3 aromatic rings. The summed E-state index contributed by atoms with van der Waals surface area (Å²) in [4.78, 5) is 22.9. The number of rotatable bonds is 5. The first-order valence-electron chi connectivity index (χ1n) is 9.82. The van der Waals surface area contributed by atoms with E-state index < -0.39 is 30.4 Å². The highest BCUT2D eigenvalue weighted by Gasteiger charge is 2.30. The van der Waals surface area contributed by atoms with Gasteiger partial charge in [-0.25, -0.2) is 9.37 Å². The van der Waals surface area contributed by atoms with Crippen molar-refractivity contribution in [2.45, 2.75) is 13.1 Å². The number of imidazole rings is 1. The number of halogens is 4. The van der Waals surface area contributed by atoms with Crippen molar-refractivity contribution in [2.24, 2.45) is 0 Å². The largest absolute Gasteiger partial charge is 0.467 e. The molecule has 0 bridgehead atoms. The minimum atomic E-state index is -4.60. The number of anilines is 2. The normalized spacial score (nSPS) is 14.6. The number of aromatic nitrogens is 3. The molecule has 0 atom stereocenters. The second-order valence-corrected chi connectivity index (χ2v) is 7.31. The molecule has 3 aromatic heterocycles. The van der Waals surface area contributed by atoms with E-state index in [1.54, 1.807) is 19.2 Å². The van der Waals surface area contributed by atoms with Crippen LogP contribution in [0.5, 0.6) is 5.88 Å². The number of hydrogen-bond donors (Lipinski definition) is 2. The Labute approximate surface area is 180 Å². The van der Waals surface area contributed by atoms with Crippen LogP contribution in [0.3, 0.4) is 0 Å². The average Bonchev–Trinajstić information content (AvgIpc) is 3.13. The average molecular weight is 452 g/mol. The zero-order valence-electron chi connectivity index (χ0n) is 17.0. The van der Waals surface area contributed by atoms with E-state index in [0.717, 1.165) is 6.07 Å². The van der Waals surface area contributed by atoms with Crippen molar-refractivity contribution in [1.29, 1.82) is 0 Å². The lowest BCUT2D eigenvalue weighted by Crippen LogP contribution is -2.44. The number of nitrogens with zero attached hydrogens (tertiary/aromatic N) is 4. The fraction of sp³-hybridized carbons (Fsp3) is 0.350. The lowest BCUT2D eigenvalue weighted by Gasteiger charge is -2.28. The number of alkyl halides is 3.